The number of hydrogen-bond acceptors (Lipinski definition) is 7. The minimum atomic E-state index is 0.0652. The molecule has 2 aromatic rings. The summed E-state index contributed by atoms with van der Waals surface area (Å²) in [5.74, 6) is 1.64. The maximum absolute atomic E-state index is 6.10. The third-order valence-electron chi connectivity index (χ3n) is 2.55. The molecule has 112 valence electrons. The average molecular weight is 330 g/mol. The second kappa shape index (κ2) is 6.64. The van der Waals surface area contributed by atoms with E-state index in [4.69, 9.17) is 32.7 Å². The van der Waals surface area contributed by atoms with E-state index in [2.05, 4.69) is 25.6 Å². The predicted octanol–water partition coefficient (Wildman–Crippen LogP) is 2.98. The van der Waals surface area contributed by atoms with Gasteiger partial charge in [0, 0.05) is 13.1 Å². The molecule has 0 unspecified atom stereocenters. The molecule has 0 saturated heterocycles. The van der Waals surface area contributed by atoms with Gasteiger partial charge < -0.3 is 20.1 Å². The fraction of sp³-hybridized carbons (Fsp3) is 0.250. The van der Waals surface area contributed by atoms with E-state index in [1.54, 1.807) is 19.2 Å². The molecule has 2 N–H and O–H groups in total. The van der Waals surface area contributed by atoms with E-state index >= 15 is 0 Å². The molecule has 1 aromatic heterocycles. The van der Waals surface area contributed by atoms with Crippen LogP contribution in [0.3, 0.4) is 0 Å². The Morgan fingerprint density at radius 1 is 0.952 bits per heavy atom. The minimum absolute atomic E-state index is 0.0652. The maximum atomic E-state index is 6.10. The molecule has 0 bridgehead atoms. The van der Waals surface area contributed by atoms with Crippen molar-refractivity contribution in [2.75, 3.05) is 31.9 Å². The first-order valence-electron chi connectivity index (χ1n) is 5.85. The van der Waals surface area contributed by atoms with Crippen LogP contribution in [0.25, 0.3) is 0 Å². The first kappa shape index (κ1) is 15.4. The van der Waals surface area contributed by atoms with Crippen molar-refractivity contribution < 1.29 is 9.47 Å². The van der Waals surface area contributed by atoms with Crippen molar-refractivity contribution in [3.05, 3.63) is 22.4 Å². The molecule has 0 radical (unpaired) electrons. The normalized spacial score (nSPS) is 10.1. The molecule has 0 fully saturated rings. The predicted molar refractivity (Wildman–Crippen MR) is 82.2 cm³/mol. The quantitative estimate of drug-likeness (QED) is 0.872. The highest BCUT2D eigenvalue weighted by Gasteiger charge is 2.12. The van der Waals surface area contributed by atoms with Gasteiger partial charge in [-0.2, -0.15) is 15.0 Å². The number of halogens is 2. The number of rotatable bonds is 5. The van der Waals surface area contributed by atoms with Gasteiger partial charge in [0.15, 0.2) is 0 Å². The SMILES string of the molecule is CNc1nc(Cl)nc(Nc2cc(Cl)c(OC)cc2OC)n1. The standard InChI is InChI=1S/C12H13Cl2N5O2/c1-15-11-17-10(14)18-12(19-11)16-7-4-6(13)8(20-2)5-9(7)21-3/h4-5H,1-3H3,(H2,15,16,17,18,19). The molecule has 0 amide bonds. The molecular weight excluding hydrogens is 317 g/mol. The van der Waals surface area contributed by atoms with Gasteiger partial charge in [0.2, 0.25) is 17.2 Å². The van der Waals surface area contributed by atoms with Crippen LogP contribution in [0, 0.1) is 0 Å². The monoisotopic (exact) mass is 329 g/mol. The van der Waals surface area contributed by atoms with Crippen LogP contribution in [-0.2, 0) is 0 Å². The number of nitrogens with zero attached hydrogens (tertiary/aromatic N) is 3. The number of hydrogen-bond donors (Lipinski definition) is 2. The van der Waals surface area contributed by atoms with Crippen molar-refractivity contribution in [2.24, 2.45) is 0 Å². The summed E-state index contributed by atoms with van der Waals surface area (Å²) >= 11 is 11.9. The Bertz CT molecular complexity index is 654. The molecular formula is C12H13Cl2N5O2. The molecule has 0 aliphatic rings. The lowest BCUT2D eigenvalue weighted by Gasteiger charge is -2.13. The number of aromatic nitrogens is 3. The Kier molecular flexibility index (Phi) is 4.87. The third-order valence-corrected chi connectivity index (χ3v) is 3.02. The average Bonchev–Trinajstić information content (AvgIpc) is 2.47. The van der Waals surface area contributed by atoms with Crippen LogP contribution in [0.15, 0.2) is 12.1 Å². The van der Waals surface area contributed by atoms with E-state index in [1.165, 1.54) is 14.2 Å². The fourth-order valence-corrected chi connectivity index (χ4v) is 2.00. The van der Waals surface area contributed by atoms with Gasteiger partial charge in [0.1, 0.15) is 11.5 Å². The number of nitrogens with one attached hydrogen (secondary N) is 2. The van der Waals surface area contributed by atoms with Gasteiger partial charge in [-0.15, -0.1) is 0 Å². The van der Waals surface area contributed by atoms with Gasteiger partial charge in [-0.1, -0.05) is 11.6 Å². The molecule has 0 saturated carbocycles. The molecule has 0 atom stereocenters. The van der Waals surface area contributed by atoms with Gasteiger partial charge in [-0.25, -0.2) is 0 Å². The van der Waals surface area contributed by atoms with E-state index in [0.29, 0.717) is 28.2 Å². The van der Waals surface area contributed by atoms with Gasteiger partial charge in [-0.3, -0.25) is 0 Å². The summed E-state index contributed by atoms with van der Waals surface area (Å²) in [7, 11) is 4.74. The van der Waals surface area contributed by atoms with E-state index < -0.39 is 0 Å². The third kappa shape index (κ3) is 3.56. The lowest BCUT2D eigenvalue weighted by molar-refractivity contribution is 0.396. The summed E-state index contributed by atoms with van der Waals surface area (Å²) in [5.41, 5.74) is 0.576. The smallest absolute Gasteiger partial charge is 0.233 e. The highest BCUT2D eigenvalue weighted by molar-refractivity contribution is 6.32. The molecule has 21 heavy (non-hydrogen) atoms. The van der Waals surface area contributed by atoms with Gasteiger partial charge in [0.25, 0.3) is 0 Å². The zero-order chi connectivity index (χ0) is 15.4. The van der Waals surface area contributed by atoms with Crippen LogP contribution < -0.4 is 20.1 Å². The molecule has 1 heterocycles. The summed E-state index contributed by atoms with van der Waals surface area (Å²) < 4.78 is 10.4. The van der Waals surface area contributed by atoms with Crippen molar-refractivity contribution in [2.45, 2.75) is 0 Å². The molecule has 0 aliphatic carbocycles. The van der Waals surface area contributed by atoms with Gasteiger partial charge in [-0.05, 0) is 17.7 Å². The maximum Gasteiger partial charge on any atom is 0.233 e. The summed E-state index contributed by atoms with van der Waals surface area (Å²) in [6, 6.07) is 3.31. The molecule has 0 aliphatic heterocycles. The Labute approximate surface area is 131 Å². The first-order valence-corrected chi connectivity index (χ1v) is 6.60. The lowest BCUT2D eigenvalue weighted by atomic mass is 10.2. The van der Waals surface area contributed by atoms with Crippen molar-refractivity contribution in [3.8, 4) is 11.5 Å². The van der Waals surface area contributed by atoms with E-state index in [0.717, 1.165) is 0 Å². The molecule has 2 rings (SSSR count). The molecule has 7 nitrogen and oxygen atoms in total. The number of benzene rings is 1. The van der Waals surface area contributed by atoms with Gasteiger partial charge >= 0.3 is 0 Å². The highest BCUT2D eigenvalue weighted by atomic mass is 35.5. The summed E-state index contributed by atoms with van der Waals surface area (Å²) in [6.45, 7) is 0. The van der Waals surface area contributed by atoms with Crippen molar-refractivity contribution in [1.29, 1.82) is 0 Å². The first-order chi connectivity index (χ1) is 10.1. The highest BCUT2D eigenvalue weighted by Crippen LogP contribution is 2.36. The number of methoxy groups -OCH3 is 2. The Balaban J connectivity index is 2.39. The van der Waals surface area contributed by atoms with Crippen molar-refractivity contribution in [3.63, 3.8) is 0 Å². The van der Waals surface area contributed by atoms with Crippen molar-refractivity contribution >= 4 is 40.8 Å². The van der Waals surface area contributed by atoms with Crippen LogP contribution in [0.2, 0.25) is 10.3 Å². The number of anilines is 3. The Morgan fingerprint density at radius 2 is 1.62 bits per heavy atom. The van der Waals surface area contributed by atoms with Gasteiger partial charge in [0.05, 0.1) is 24.9 Å². The summed E-state index contributed by atoms with van der Waals surface area (Å²) in [6.07, 6.45) is 0. The van der Waals surface area contributed by atoms with Crippen LogP contribution >= 0.6 is 23.2 Å². The molecule has 1 aromatic carbocycles. The lowest BCUT2D eigenvalue weighted by Crippen LogP contribution is -2.04. The topological polar surface area (TPSA) is 81.2 Å². The molecule has 0 spiro atoms. The zero-order valence-corrected chi connectivity index (χ0v) is 13.1. The minimum Gasteiger partial charge on any atom is -0.495 e. The van der Waals surface area contributed by atoms with Crippen molar-refractivity contribution in [1.82, 2.24) is 15.0 Å². The largest absolute Gasteiger partial charge is 0.495 e. The van der Waals surface area contributed by atoms with E-state index in [9.17, 15) is 0 Å². The Morgan fingerprint density at radius 3 is 2.24 bits per heavy atom. The number of ether oxygens (including phenoxy) is 2. The zero-order valence-electron chi connectivity index (χ0n) is 11.6. The van der Waals surface area contributed by atoms with Crippen LogP contribution in [0.4, 0.5) is 17.6 Å². The fourth-order valence-electron chi connectivity index (χ4n) is 1.60. The second-order valence-electron chi connectivity index (χ2n) is 3.81. The van der Waals surface area contributed by atoms with Crippen LogP contribution in [-0.4, -0.2) is 36.2 Å². The van der Waals surface area contributed by atoms with E-state index in [-0.39, 0.29) is 11.2 Å². The molecule has 9 heteroatoms. The Hall–Kier alpha value is -1.99. The summed E-state index contributed by atoms with van der Waals surface area (Å²) in [4.78, 5) is 12.0. The summed E-state index contributed by atoms with van der Waals surface area (Å²) in [5, 5.41) is 6.26. The van der Waals surface area contributed by atoms with Crippen LogP contribution in [0.5, 0.6) is 11.5 Å². The van der Waals surface area contributed by atoms with Crippen LogP contribution in [0.1, 0.15) is 0 Å². The second-order valence-corrected chi connectivity index (χ2v) is 4.56. The van der Waals surface area contributed by atoms with E-state index in [1.807, 2.05) is 0 Å².